The standard InChI is InChI=1S/C14H13F3N4O4/c15-14(16,17)10-5-9(2-1-8(10)6-18)19-20-3-4-21(13(24)25)11(7-20)12(22)23/h1-2,5,11,19H,3-4,7H2,(H,22,23)(H,24,25). The highest BCUT2D eigenvalue weighted by Gasteiger charge is 2.36. The van der Waals surface area contributed by atoms with Crippen LogP contribution in [0.5, 0.6) is 0 Å². The number of carboxylic acid groups (broad SMARTS) is 2. The van der Waals surface area contributed by atoms with E-state index in [2.05, 4.69) is 5.43 Å². The van der Waals surface area contributed by atoms with Crippen molar-refractivity contribution in [3.63, 3.8) is 0 Å². The van der Waals surface area contributed by atoms with Crippen LogP contribution in [0.4, 0.5) is 23.7 Å². The fraction of sp³-hybridized carbons (Fsp3) is 0.357. The number of nitriles is 1. The maximum atomic E-state index is 13.0. The molecule has 2 rings (SSSR count). The first kappa shape index (κ1) is 18.3. The molecule has 1 heterocycles. The van der Waals surface area contributed by atoms with E-state index in [1.807, 2.05) is 0 Å². The number of aliphatic carboxylic acids is 1. The van der Waals surface area contributed by atoms with Gasteiger partial charge in [-0.25, -0.2) is 14.6 Å². The SMILES string of the molecule is N#Cc1ccc(NN2CCN(C(=O)O)C(C(=O)O)C2)cc1C(F)(F)F. The van der Waals surface area contributed by atoms with Crippen LogP contribution < -0.4 is 5.43 Å². The summed E-state index contributed by atoms with van der Waals surface area (Å²) >= 11 is 0. The van der Waals surface area contributed by atoms with Crippen LogP contribution in [-0.2, 0) is 11.0 Å². The van der Waals surface area contributed by atoms with Crippen molar-refractivity contribution >= 4 is 17.7 Å². The van der Waals surface area contributed by atoms with Crippen molar-refractivity contribution in [2.45, 2.75) is 12.2 Å². The summed E-state index contributed by atoms with van der Waals surface area (Å²) in [5.74, 6) is -1.36. The van der Waals surface area contributed by atoms with Gasteiger partial charge in [0.25, 0.3) is 0 Å². The minimum atomic E-state index is -4.71. The van der Waals surface area contributed by atoms with Crippen molar-refractivity contribution in [3.05, 3.63) is 29.3 Å². The third kappa shape index (κ3) is 4.10. The zero-order valence-corrected chi connectivity index (χ0v) is 12.6. The first-order valence-electron chi connectivity index (χ1n) is 6.99. The third-order valence-corrected chi connectivity index (χ3v) is 3.64. The highest BCUT2D eigenvalue weighted by molar-refractivity contribution is 5.79. The molecule has 1 aliphatic heterocycles. The van der Waals surface area contributed by atoms with E-state index in [0.29, 0.717) is 0 Å². The van der Waals surface area contributed by atoms with Gasteiger partial charge >= 0.3 is 18.2 Å². The monoisotopic (exact) mass is 358 g/mol. The zero-order valence-electron chi connectivity index (χ0n) is 12.6. The minimum Gasteiger partial charge on any atom is -0.480 e. The Hall–Kier alpha value is -3.00. The van der Waals surface area contributed by atoms with Crippen LogP contribution >= 0.6 is 0 Å². The molecule has 25 heavy (non-hydrogen) atoms. The smallest absolute Gasteiger partial charge is 0.417 e. The lowest BCUT2D eigenvalue weighted by Crippen LogP contribution is -2.59. The predicted octanol–water partition coefficient (Wildman–Crippen LogP) is 1.65. The number of hydrogen-bond acceptors (Lipinski definition) is 5. The van der Waals surface area contributed by atoms with Crippen molar-refractivity contribution in [1.82, 2.24) is 9.91 Å². The van der Waals surface area contributed by atoms with Gasteiger partial charge in [-0.15, -0.1) is 0 Å². The number of alkyl halides is 3. The lowest BCUT2D eigenvalue weighted by molar-refractivity contribution is -0.144. The van der Waals surface area contributed by atoms with Crippen molar-refractivity contribution in [2.75, 3.05) is 25.1 Å². The van der Waals surface area contributed by atoms with E-state index in [4.69, 9.17) is 15.5 Å². The largest absolute Gasteiger partial charge is 0.480 e. The second-order valence-electron chi connectivity index (χ2n) is 5.26. The third-order valence-electron chi connectivity index (χ3n) is 3.64. The summed E-state index contributed by atoms with van der Waals surface area (Å²) in [5.41, 5.74) is 1.00. The summed E-state index contributed by atoms with van der Waals surface area (Å²) < 4.78 is 38.9. The van der Waals surface area contributed by atoms with Gasteiger partial charge in [0.1, 0.15) is 6.04 Å². The van der Waals surface area contributed by atoms with Gasteiger partial charge in [0.15, 0.2) is 0 Å². The molecular formula is C14H13F3N4O4. The number of carbonyl (C=O) groups is 2. The number of anilines is 1. The Labute approximate surface area is 139 Å². The molecule has 0 radical (unpaired) electrons. The molecular weight excluding hydrogens is 345 g/mol. The molecule has 1 atom stereocenters. The van der Waals surface area contributed by atoms with Gasteiger partial charge in [-0.2, -0.15) is 18.4 Å². The fourth-order valence-corrected chi connectivity index (χ4v) is 2.45. The number of nitrogens with zero attached hydrogens (tertiary/aromatic N) is 3. The maximum Gasteiger partial charge on any atom is 0.417 e. The quantitative estimate of drug-likeness (QED) is 0.752. The molecule has 0 aromatic heterocycles. The van der Waals surface area contributed by atoms with Crippen LogP contribution in [0.25, 0.3) is 0 Å². The number of hydrogen-bond donors (Lipinski definition) is 3. The fourth-order valence-electron chi connectivity index (χ4n) is 2.45. The Balaban J connectivity index is 2.19. The number of halogens is 3. The van der Waals surface area contributed by atoms with Crippen LogP contribution in [0.1, 0.15) is 11.1 Å². The summed E-state index contributed by atoms with van der Waals surface area (Å²) in [6.07, 6.45) is -6.10. The van der Waals surface area contributed by atoms with E-state index >= 15 is 0 Å². The van der Waals surface area contributed by atoms with Crippen molar-refractivity contribution in [1.29, 1.82) is 5.26 Å². The first-order valence-corrected chi connectivity index (χ1v) is 6.99. The van der Waals surface area contributed by atoms with Crippen molar-refractivity contribution in [3.8, 4) is 6.07 Å². The molecule has 0 bridgehead atoms. The number of nitrogens with one attached hydrogen (secondary N) is 1. The molecule has 0 saturated carbocycles. The van der Waals surface area contributed by atoms with Crippen LogP contribution in [-0.4, -0.2) is 57.9 Å². The van der Waals surface area contributed by atoms with Crippen LogP contribution in [0.3, 0.4) is 0 Å². The van der Waals surface area contributed by atoms with Gasteiger partial charge in [0.2, 0.25) is 0 Å². The van der Waals surface area contributed by atoms with Crippen molar-refractivity contribution < 1.29 is 33.0 Å². The average Bonchev–Trinajstić information content (AvgIpc) is 2.53. The zero-order chi connectivity index (χ0) is 18.8. The molecule has 3 N–H and O–H groups in total. The first-order chi connectivity index (χ1) is 11.6. The molecule has 8 nitrogen and oxygen atoms in total. The predicted molar refractivity (Wildman–Crippen MR) is 77.5 cm³/mol. The molecule has 1 aliphatic rings. The molecule has 0 aliphatic carbocycles. The van der Waals surface area contributed by atoms with E-state index in [-0.39, 0.29) is 25.3 Å². The number of carboxylic acids is 1. The van der Waals surface area contributed by atoms with E-state index in [9.17, 15) is 22.8 Å². The molecule has 1 unspecified atom stereocenters. The van der Waals surface area contributed by atoms with E-state index in [0.717, 1.165) is 17.0 Å². The van der Waals surface area contributed by atoms with E-state index < -0.39 is 35.4 Å². The number of rotatable bonds is 3. The Morgan fingerprint density at radius 1 is 1.28 bits per heavy atom. The Morgan fingerprint density at radius 3 is 2.48 bits per heavy atom. The molecule has 11 heteroatoms. The molecule has 0 spiro atoms. The molecule has 1 fully saturated rings. The summed E-state index contributed by atoms with van der Waals surface area (Å²) in [4.78, 5) is 23.0. The summed E-state index contributed by atoms with van der Waals surface area (Å²) in [6.45, 7) is -0.290. The summed E-state index contributed by atoms with van der Waals surface area (Å²) in [7, 11) is 0. The van der Waals surface area contributed by atoms with Gasteiger partial charge in [-0.05, 0) is 18.2 Å². The number of piperazine rings is 1. The minimum absolute atomic E-state index is 0.0132. The molecule has 1 amide bonds. The number of amides is 1. The molecule has 1 aromatic carbocycles. The van der Waals surface area contributed by atoms with Gasteiger partial charge < -0.3 is 15.6 Å². The van der Waals surface area contributed by atoms with Crippen LogP contribution in [0, 0.1) is 11.3 Å². The lowest BCUT2D eigenvalue weighted by Gasteiger charge is -2.38. The van der Waals surface area contributed by atoms with E-state index in [1.54, 1.807) is 0 Å². The molecule has 1 aromatic rings. The Kier molecular flexibility index (Phi) is 5.03. The second-order valence-corrected chi connectivity index (χ2v) is 5.26. The van der Waals surface area contributed by atoms with Crippen molar-refractivity contribution in [2.24, 2.45) is 0 Å². The maximum absolute atomic E-state index is 13.0. The summed E-state index contributed by atoms with van der Waals surface area (Å²) in [6, 6.07) is 3.13. The van der Waals surface area contributed by atoms with Crippen LogP contribution in [0.2, 0.25) is 0 Å². The number of benzene rings is 1. The Bertz CT molecular complexity index is 732. The van der Waals surface area contributed by atoms with Crippen LogP contribution in [0.15, 0.2) is 18.2 Å². The highest BCUT2D eigenvalue weighted by Crippen LogP contribution is 2.33. The Morgan fingerprint density at radius 2 is 1.96 bits per heavy atom. The van der Waals surface area contributed by atoms with Gasteiger partial charge in [-0.1, -0.05) is 0 Å². The normalized spacial score (nSPS) is 18.5. The average molecular weight is 358 g/mol. The van der Waals surface area contributed by atoms with Gasteiger partial charge in [0, 0.05) is 25.3 Å². The summed E-state index contributed by atoms with van der Waals surface area (Å²) in [5, 5.41) is 28.2. The molecule has 134 valence electrons. The lowest BCUT2D eigenvalue weighted by atomic mass is 10.1. The topological polar surface area (TPSA) is 117 Å². The molecule has 1 saturated heterocycles. The number of hydrazine groups is 1. The van der Waals surface area contributed by atoms with Gasteiger partial charge in [-0.3, -0.25) is 4.90 Å². The second kappa shape index (κ2) is 6.86. The van der Waals surface area contributed by atoms with Gasteiger partial charge in [0.05, 0.1) is 17.2 Å². The highest BCUT2D eigenvalue weighted by atomic mass is 19.4. The van der Waals surface area contributed by atoms with E-state index in [1.165, 1.54) is 17.1 Å².